The van der Waals surface area contributed by atoms with Crippen LogP contribution in [0, 0.1) is 13.8 Å². The lowest BCUT2D eigenvalue weighted by Crippen LogP contribution is -2.31. The van der Waals surface area contributed by atoms with Crippen LogP contribution in [0.25, 0.3) is 11.0 Å². The van der Waals surface area contributed by atoms with E-state index >= 15 is 0 Å². The minimum absolute atomic E-state index is 0.0782. The standard InChI is InChI=1S/C24H27NO5/c1-5-28-14-20-19-8-6-7-9-21(19)30-23(20)24(27)29-15-22(26)25(4)13-18-11-10-16(2)12-17(18)3/h6-12H,5,13-15H2,1-4H3. The number of furan rings is 1. The van der Waals surface area contributed by atoms with Crippen molar-refractivity contribution in [2.45, 2.75) is 33.9 Å². The summed E-state index contributed by atoms with van der Waals surface area (Å²) in [6.07, 6.45) is 0. The number of fused-ring (bicyclic) bond motifs is 1. The van der Waals surface area contributed by atoms with Gasteiger partial charge >= 0.3 is 5.97 Å². The van der Waals surface area contributed by atoms with Crippen LogP contribution in [0.2, 0.25) is 0 Å². The Balaban J connectivity index is 1.66. The van der Waals surface area contributed by atoms with Crippen LogP contribution in [0.4, 0.5) is 0 Å². The number of carbonyl (C=O) groups is 2. The quantitative estimate of drug-likeness (QED) is 0.516. The molecule has 0 aliphatic heterocycles. The Labute approximate surface area is 176 Å². The zero-order chi connectivity index (χ0) is 21.7. The second kappa shape index (κ2) is 9.59. The highest BCUT2D eigenvalue weighted by Gasteiger charge is 2.23. The molecule has 0 spiro atoms. The molecule has 3 rings (SSSR count). The number of amides is 1. The summed E-state index contributed by atoms with van der Waals surface area (Å²) < 4.78 is 16.4. The third-order valence-corrected chi connectivity index (χ3v) is 4.99. The van der Waals surface area contributed by atoms with Crippen molar-refractivity contribution in [2.24, 2.45) is 0 Å². The fraction of sp³-hybridized carbons (Fsp3) is 0.333. The molecule has 0 unspecified atom stereocenters. The summed E-state index contributed by atoms with van der Waals surface area (Å²) in [5.74, 6) is -0.880. The van der Waals surface area contributed by atoms with E-state index < -0.39 is 5.97 Å². The molecule has 0 atom stereocenters. The van der Waals surface area contributed by atoms with Crippen LogP contribution < -0.4 is 0 Å². The molecule has 0 aliphatic carbocycles. The van der Waals surface area contributed by atoms with Crippen molar-refractivity contribution in [2.75, 3.05) is 20.3 Å². The van der Waals surface area contributed by atoms with Crippen molar-refractivity contribution in [1.82, 2.24) is 4.90 Å². The molecule has 30 heavy (non-hydrogen) atoms. The van der Waals surface area contributed by atoms with Gasteiger partial charge in [0.2, 0.25) is 5.76 Å². The summed E-state index contributed by atoms with van der Waals surface area (Å²) in [7, 11) is 1.69. The van der Waals surface area contributed by atoms with Crippen LogP contribution in [0.15, 0.2) is 46.9 Å². The predicted molar refractivity (Wildman–Crippen MR) is 114 cm³/mol. The maximum absolute atomic E-state index is 12.6. The second-order valence-corrected chi connectivity index (χ2v) is 7.30. The van der Waals surface area contributed by atoms with Crippen LogP contribution in [-0.4, -0.2) is 37.0 Å². The summed E-state index contributed by atoms with van der Waals surface area (Å²) in [6.45, 7) is 6.76. The molecule has 0 saturated carbocycles. The second-order valence-electron chi connectivity index (χ2n) is 7.30. The van der Waals surface area contributed by atoms with Gasteiger partial charge in [0.15, 0.2) is 6.61 Å². The molecular formula is C24H27NO5. The number of esters is 1. The predicted octanol–water partition coefficient (Wildman–Crippen LogP) is 4.40. The van der Waals surface area contributed by atoms with E-state index in [0.717, 1.165) is 16.5 Å². The van der Waals surface area contributed by atoms with E-state index in [-0.39, 0.29) is 24.9 Å². The zero-order valence-electron chi connectivity index (χ0n) is 17.9. The van der Waals surface area contributed by atoms with E-state index in [1.807, 2.05) is 51.1 Å². The van der Waals surface area contributed by atoms with Gasteiger partial charge in [-0.1, -0.05) is 42.0 Å². The van der Waals surface area contributed by atoms with Crippen molar-refractivity contribution in [3.05, 3.63) is 70.5 Å². The number of hydrogen-bond acceptors (Lipinski definition) is 5. The Kier molecular flexibility index (Phi) is 6.90. The van der Waals surface area contributed by atoms with E-state index in [4.69, 9.17) is 13.9 Å². The van der Waals surface area contributed by atoms with Crippen molar-refractivity contribution in [3.63, 3.8) is 0 Å². The molecule has 0 fully saturated rings. The number of nitrogens with zero attached hydrogens (tertiary/aromatic N) is 1. The maximum Gasteiger partial charge on any atom is 0.375 e. The van der Waals surface area contributed by atoms with E-state index in [9.17, 15) is 9.59 Å². The summed E-state index contributed by atoms with van der Waals surface area (Å²) in [5, 5.41) is 0.802. The Morgan fingerprint density at radius 2 is 1.87 bits per heavy atom. The fourth-order valence-electron chi connectivity index (χ4n) is 3.28. The average molecular weight is 409 g/mol. The Morgan fingerprint density at radius 1 is 1.10 bits per heavy atom. The Bertz CT molecular complexity index is 1050. The Morgan fingerprint density at radius 3 is 2.60 bits per heavy atom. The Hall–Kier alpha value is -3.12. The first-order valence-electron chi connectivity index (χ1n) is 9.96. The van der Waals surface area contributed by atoms with E-state index in [1.54, 1.807) is 18.0 Å². The van der Waals surface area contributed by atoms with E-state index in [1.165, 1.54) is 5.56 Å². The first-order valence-corrected chi connectivity index (χ1v) is 9.96. The number of likely N-dealkylation sites (N-methyl/N-ethyl adjacent to an activating group) is 1. The lowest BCUT2D eigenvalue weighted by Gasteiger charge is -2.18. The van der Waals surface area contributed by atoms with Gasteiger partial charge in [-0.3, -0.25) is 4.79 Å². The molecule has 158 valence electrons. The molecule has 2 aromatic carbocycles. The third-order valence-electron chi connectivity index (χ3n) is 4.99. The molecule has 0 aliphatic rings. The molecule has 6 heteroatoms. The van der Waals surface area contributed by atoms with Crippen LogP contribution in [0.5, 0.6) is 0 Å². The first kappa shape index (κ1) is 21.6. The number of ether oxygens (including phenoxy) is 2. The van der Waals surface area contributed by atoms with Gasteiger partial charge in [-0.15, -0.1) is 0 Å². The van der Waals surface area contributed by atoms with E-state index in [0.29, 0.717) is 24.3 Å². The summed E-state index contributed by atoms with van der Waals surface area (Å²) in [5.41, 5.74) is 4.56. The number of carbonyl (C=O) groups excluding carboxylic acids is 2. The van der Waals surface area contributed by atoms with Gasteiger partial charge in [0.05, 0.1) is 6.61 Å². The van der Waals surface area contributed by atoms with Crippen LogP contribution in [0.1, 0.15) is 39.7 Å². The smallest absolute Gasteiger partial charge is 0.375 e. The minimum atomic E-state index is -0.672. The highest BCUT2D eigenvalue weighted by molar-refractivity contribution is 5.96. The van der Waals surface area contributed by atoms with Crippen molar-refractivity contribution in [3.8, 4) is 0 Å². The number of benzene rings is 2. The number of hydrogen-bond donors (Lipinski definition) is 0. The average Bonchev–Trinajstić information content (AvgIpc) is 3.10. The number of rotatable bonds is 8. The van der Waals surface area contributed by atoms with Gasteiger partial charge in [-0.05, 0) is 38.0 Å². The van der Waals surface area contributed by atoms with Crippen molar-refractivity contribution >= 4 is 22.8 Å². The van der Waals surface area contributed by atoms with Gasteiger partial charge in [0.25, 0.3) is 5.91 Å². The van der Waals surface area contributed by atoms with Gasteiger partial charge in [0, 0.05) is 31.1 Å². The molecule has 3 aromatic rings. The van der Waals surface area contributed by atoms with Crippen molar-refractivity contribution < 1.29 is 23.5 Å². The highest BCUT2D eigenvalue weighted by atomic mass is 16.5. The largest absolute Gasteiger partial charge is 0.450 e. The molecule has 0 N–H and O–H groups in total. The minimum Gasteiger partial charge on any atom is -0.450 e. The lowest BCUT2D eigenvalue weighted by molar-refractivity contribution is -0.133. The maximum atomic E-state index is 12.6. The SMILES string of the molecule is CCOCc1c(C(=O)OCC(=O)N(C)Cc2ccc(C)cc2C)oc2ccccc12. The summed E-state index contributed by atoms with van der Waals surface area (Å²) in [6, 6.07) is 13.5. The van der Waals surface area contributed by atoms with Gasteiger partial charge < -0.3 is 18.8 Å². The molecular weight excluding hydrogens is 382 g/mol. The number of aryl methyl sites for hydroxylation is 2. The molecule has 0 bridgehead atoms. The lowest BCUT2D eigenvalue weighted by atomic mass is 10.1. The molecule has 0 radical (unpaired) electrons. The molecule has 0 saturated heterocycles. The van der Waals surface area contributed by atoms with Crippen LogP contribution >= 0.6 is 0 Å². The number of para-hydroxylation sites is 1. The fourth-order valence-corrected chi connectivity index (χ4v) is 3.28. The van der Waals surface area contributed by atoms with Crippen molar-refractivity contribution in [1.29, 1.82) is 0 Å². The summed E-state index contributed by atoms with van der Waals surface area (Å²) in [4.78, 5) is 26.7. The first-order chi connectivity index (χ1) is 14.4. The third kappa shape index (κ3) is 4.89. The molecule has 6 nitrogen and oxygen atoms in total. The monoisotopic (exact) mass is 409 g/mol. The molecule has 1 heterocycles. The molecule has 1 aromatic heterocycles. The van der Waals surface area contributed by atoms with Crippen LogP contribution in [-0.2, 0) is 27.4 Å². The van der Waals surface area contributed by atoms with Crippen LogP contribution in [0.3, 0.4) is 0 Å². The summed E-state index contributed by atoms with van der Waals surface area (Å²) >= 11 is 0. The van der Waals surface area contributed by atoms with Gasteiger partial charge in [-0.2, -0.15) is 0 Å². The van der Waals surface area contributed by atoms with Gasteiger partial charge in [-0.25, -0.2) is 4.79 Å². The molecule has 1 amide bonds. The van der Waals surface area contributed by atoms with E-state index in [2.05, 4.69) is 6.07 Å². The van der Waals surface area contributed by atoms with Gasteiger partial charge in [0.1, 0.15) is 5.58 Å². The topological polar surface area (TPSA) is 69.0 Å². The normalized spacial score (nSPS) is 10.9. The zero-order valence-corrected chi connectivity index (χ0v) is 17.9. The highest BCUT2D eigenvalue weighted by Crippen LogP contribution is 2.27.